The molecule has 0 bridgehead atoms. The number of rotatable bonds is 9. The van der Waals surface area contributed by atoms with Crippen LogP contribution in [-0.2, 0) is 19.6 Å². The van der Waals surface area contributed by atoms with E-state index in [4.69, 9.17) is 9.47 Å². The molecule has 1 aromatic carbocycles. The summed E-state index contributed by atoms with van der Waals surface area (Å²) >= 11 is 0. The molecule has 7 nitrogen and oxygen atoms in total. The summed E-state index contributed by atoms with van der Waals surface area (Å²) in [6, 6.07) is 7.39. The molecule has 0 aromatic heterocycles. The van der Waals surface area contributed by atoms with Gasteiger partial charge in [-0.1, -0.05) is 0 Å². The Morgan fingerprint density at radius 3 is 2.27 bits per heavy atom. The second kappa shape index (κ2) is 10.6. The van der Waals surface area contributed by atoms with Crippen molar-refractivity contribution in [2.45, 2.75) is 89.8 Å². The summed E-state index contributed by atoms with van der Waals surface area (Å²) in [5.41, 5.74) is 0.717. The van der Waals surface area contributed by atoms with Crippen molar-refractivity contribution < 1.29 is 22.7 Å². The van der Waals surface area contributed by atoms with E-state index in [-0.39, 0.29) is 24.2 Å². The number of ether oxygens (including phenoxy) is 2. The van der Waals surface area contributed by atoms with E-state index in [1.165, 1.54) is 0 Å². The SMILES string of the molecule is CC1CC(Oc2ccc(NC(=O)CCCCNS(=O)(=O)C(C)(C)C)cc2)CC(C)O1. The Morgan fingerprint density at radius 2 is 1.70 bits per heavy atom. The fraction of sp³-hybridized carbons (Fsp3) is 0.682. The summed E-state index contributed by atoms with van der Waals surface area (Å²) in [5.74, 6) is 0.694. The van der Waals surface area contributed by atoms with Gasteiger partial charge in [0.05, 0.1) is 17.0 Å². The van der Waals surface area contributed by atoms with Crippen LogP contribution in [0.4, 0.5) is 5.69 Å². The van der Waals surface area contributed by atoms with Crippen molar-refractivity contribution in [3.8, 4) is 5.75 Å². The highest BCUT2D eigenvalue weighted by Crippen LogP contribution is 2.25. The van der Waals surface area contributed by atoms with Crippen molar-refractivity contribution in [1.82, 2.24) is 4.72 Å². The number of benzene rings is 1. The average Bonchev–Trinajstić information content (AvgIpc) is 2.61. The van der Waals surface area contributed by atoms with Crippen molar-refractivity contribution in [1.29, 1.82) is 0 Å². The molecule has 2 rings (SSSR count). The van der Waals surface area contributed by atoms with Crippen LogP contribution in [0.3, 0.4) is 0 Å². The van der Waals surface area contributed by atoms with Gasteiger partial charge in [0, 0.05) is 31.5 Å². The standard InChI is InChI=1S/C22H36N2O5S/c1-16-14-20(15-17(2)28-16)29-19-11-9-18(10-12-19)24-21(25)8-6-7-13-23-30(26,27)22(3,4)5/h9-12,16-17,20,23H,6-8,13-15H2,1-5H3,(H,24,25). The normalized spacial score (nSPS) is 22.5. The monoisotopic (exact) mass is 440 g/mol. The van der Waals surface area contributed by atoms with Crippen LogP contribution >= 0.6 is 0 Å². The molecular formula is C22H36N2O5S. The zero-order chi connectivity index (χ0) is 22.4. The first kappa shape index (κ1) is 24.6. The summed E-state index contributed by atoms with van der Waals surface area (Å²) < 4.78 is 37.5. The quantitative estimate of drug-likeness (QED) is 0.569. The van der Waals surface area contributed by atoms with Gasteiger partial charge in [-0.15, -0.1) is 0 Å². The molecule has 0 aliphatic carbocycles. The highest BCUT2D eigenvalue weighted by Gasteiger charge is 2.28. The molecule has 170 valence electrons. The van der Waals surface area contributed by atoms with Crippen molar-refractivity contribution in [2.75, 3.05) is 11.9 Å². The highest BCUT2D eigenvalue weighted by molar-refractivity contribution is 7.90. The van der Waals surface area contributed by atoms with Crippen molar-refractivity contribution in [3.63, 3.8) is 0 Å². The summed E-state index contributed by atoms with van der Waals surface area (Å²) in [7, 11) is -3.34. The number of hydrogen-bond acceptors (Lipinski definition) is 5. The predicted molar refractivity (Wildman–Crippen MR) is 119 cm³/mol. The number of carbonyl (C=O) groups is 1. The summed E-state index contributed by atoms with van der Waals surface area (Å²) in [6.45, 7) is 9.42. The molecule has 2 atom stereocenters. The van der Waals surface area contributed by atoms with E-state index in [0.29, 0.717) is 25.8 Å². The molecule has 1 fully saturated rings. The first-order chi connectivity index (χ1) is 14.0. The van der Waals surface area contributed by atoms with Gasteiger partial charge in [-0.05, 0) is 71.7 Å². The van der Waals surface area contributed by atoms with Crippen LogP contribution in [0.15, 0.2) is 24.3 Å². The summed E-state index contributed by atoms with van der Waals surface area (Å²) in [4.78, 5) is 12.1. The van der Waals surface area contributed by atoms with Gasteiger partial charge < -0.3 is 14.8 Å². The molecule has 1 aliphatic rings. The van der Waals surface area contributed by atoms with E-state index in [2.05, 4.69) is 23.9 Å². The van der Waals surface area contributed by atoms with Gasteiger partial charge in [0.25, 0.3) is 0 Å². The zero-order valence-electron chi connectivity index (χ0n) is 18.7. The smallest absolute Gasteiger partial charge is 0.224 e. The number of hydrogen-bond donors (Lipinski definition) is 2. The molecule has 0 saturated carbocycles. The number of nitrogens with one attached hydrogen (secondary N) is 2. The van der Waals surface area contributed by atoms with Crippen LogP contribution in [0.25, 0.3) is 0 Å². The molecule has 1 aromatic rings. The minimum Gasteiger partial charge on any atom is -0.490 e. The molecule has 0 spiro atoms. The van der Waals surface area contributed by atoms with Crippen molar-refractivity contribution in [2.24, 2.45) is 0 Å². The topological polar surface area (TPSA) is 93.7 Å². The number of anilines is 1. The second-order valence-electron chi connectivity index (χ2n) is 9.01. The molecule has 1 saturated heterocycles. The molecule has 0 radical (unpaired) electrons. The van der Waals surface area contributed by atoms with Crippen molar-refractivity contribution >= 4 is 21.6 Å². The van der Waals surface area contributed by atoms with Crippen molar-refractivity contribution in [3.05, 3.63) is 24.3 Å². The maximum absolute atomic E-state index is 12.1. The minimum atomic E-state index is -3.34. The Kier molecular flexibility index (Phi) is 8.70. The molecule has 2 N–H and O–H groups in total. The zero-order valence-corrected chi connectivity index (χ0v) is 19.6. The first-order valence-corrected chi connectivity index (χ1v) is 12.2. The van der Waals surface area contributed by atoms with Gasteiger partial charge in [0.2, 0.25) is 15.9 Å². The fourth-order valence-corrected chi connectivity index (χ4v) is 4.15. The van der Waals surface area contributed by atoms with Crippen LogP contribution in [0.1, 0.15) is 66.7 Å². The van der Waals surface area contributed by atoms with Gasteiger partial charge in [0.15, 0.2) is 0 Å². The molecule has 1 amide bonds. The van der Waals surface area contributed by atoms with E-state index in [9.17, 15) is 13.2 Å². The lowest BCUT2D eigenvalue weighted by Crippen LogP contribution is -2.39. The van der Waals surface area contributed by atoms with Gasteiger partial charge in [-0.3, -0.25) is 4.79 Å². The third kappa shape index (κ3) is 7.89. The van der Waals surface area contributed by atoms with Crippen LogP contribution < -0.4 is 14.8 Å². The number of amides is 1. The fourth-order valence-electron chi connectivity index (χ4n) is 3.31. The Labute approximate surface area is 181 Å². The Bertz CT molecular complexity index is 777. The Balaban J connectivity index is 1.69. The Morgan fingerprint density at radius 1 is 1.10 bits per heavy atom. The lowest BCUT2D eigenvalue weighted by atomic mass is 10.0. The van der Waals surface area contributed by atoms with Crippen LogP contribution in [0, 0.1) is 0 Å². The molecule has 1 aliphatic heterocycles. The summed E-state index contributed by atoms with van der Waals surface area (Å²) in [6.07, 6.45) is 3.83. The average molecular weight is 441 g/mol. The molecule has 8 heteroatoms. The number of unbranched alkanes of at least 4 members (excludes halogenated alkanes) is 1. The lowest BCUT2D eigenvalue weighted by molar-refractivity contribution is -0.116. The van der Waals surface area contributed by atoms with Gasteiger partial charge in [-0.2, -0.15) is 0 Å². The van der Waals surface area contributed by atoms with E-state index >= 15 is 0 Å². The largest absolute Gasteiger partial charge is 0.490 e. The van der Waals surface area contributed by atoms with Crippen LogP contribution in [0.2, 0.25) is 0 Å². The molecule has 1 heterocycles. The predicted octanol–water partition coefficient (Wildman–Crippen LogP) is 3.85. The number of carbonyl (C=O) groups excluding carboxylic acids is 1. The third-order valence-corrected chi connectivity index (χ3v) is 7.22. The molecule has 30 heavy (non-hydrogen) atoms. The number of sulfonamides is 1. The summed E-state index contributed by atoms with van der Waals surface area (Å²) in [5, 5.41) is 2.87. The van der Waals surface area contributed by atoms with Crippen LogP contribution in [-0.4, -0.2) is 43.9 Å². The van der Waals surface area contributed by atoms with E-state index in [1.807, 2.05) is 24.3 Å². The van der Waals surface area contributed by atoms with Gasteiger partial charge in [0.1, 0.15) is 11.9 Å². The highest BCUT2D eigenvalue weighted by atomic mass is 32.2. The minimum absolute atomic E-state index is 0.0885. The Hall–Kier alpha value is -1.64. The van der Waals surface area contributed by atoms with E-state index in [1.54, 1.807) is 20.8 Å². The maximum Gasteiger partial charge on any atom is 0.224 e. The molecular weight excluding hydrogens is 404 g/mol. The maximum atomic E-state index is 12.1. The van der Waals surface area contributed by atoms with Gasteiger partial charge >= 0.3 is 0 Å². The van der Waals surface area contributed by atoms with Gasteiger partial charge in [-0.25, -0.2) is 13.1 Å². The molecule has 2 unspecified atom stereocenters. The lowest BCUT2D eigenvalue weighted by Gasteiger charge is -2.32. The third-order valence-electron chi connectivity index (χ3n) is 5.02. The van der Waals surface area contributed by atoms with Crippen LogP contribution in [0.5, 0.6) is 5.75 Å². The first-order valence-electron chi connectivity index (χ1n) is 10.7. The van der Waals surface area contributed by atoms with E-state index in [0.717, 1.165) is 24.3 Å². The van der Waals surface area contributed by atoms with E-state index < -0.39 is 14.8 Å². The second-order valence-corrected chi connectivity index (χ2v) is 11.5.